The van der Waals surface area contributed by atoms with Crippen LogP contribution in [0.15, 0.2) is 24.3 Å². The molecular formula is C11H9NO3. The van der Waals surface area contributed by atoms with E-state index in [0.29, 0.717) is 17.5 Å². The van der Waals surface area contributed by atoms with Crippen LogP contribution in [0.4, 0.5) is 0 Å². The van der Waals surface area contributed by atoms with E-state index < -0.39 is 5.72 Å². The predicted octanol–water partition coefficient (Wildman–Crippen LogP) is 0.608. The average Bonchev–Trinajstić information content (AvgIpc) is 2.65. The maximum absolute atomic E-state index is 11.8. The molecule has 4 heteroatoms. The number of imide groups is 1. The van der Waals surface area contributed by atoms with Crippen LogP contribution >= 0.6 is 0 Å². The first-order valence-corrected chi connectivity index (χ1v) is 4.84. The Bertz CT molecular complexity index is 482. The molecule has 0 aliphatic carbocycles. The van der Waals surface area contributed by atoms with Gasteiger partial charge >= 0.3 is 0 Å². The van der Waals surface area contributed by atoms with Crippen molar-refractivity contribution in [3.8, 4) is 0 Å². The van der Waals surface area contributed by atoms with Gasteiger partial charge in [0.1, 0.15) is 0 Å². The van der Waals surface area contributed by atoms with Gasteiger partial charge in [0, 0.05) is 24.0 Å². The van der Waals surface area contributed by atoms with E-state index in [4.69, 9.17) is 0 Å². The molecule has 2 amide bonds. The van der Waals surface area contributed by atoms with Crippen LogP contribution in [0, 0.1) is 0 Å². The number of aliphatic hydroxyl groups is 1. The molecule has 2 aliphatic heterocycles. The van der Waals surface area contributed by atoms with Crippen molar-refractivity contribution >= 4 is 11.8 Å². The molecule has 2 aliphatic rings. The fraction of sp³-hybridized carbons (Fsp3) is 0.273. The van der Waals surface area contributed by atoms with Crippen LogP contribution in [-0.4, -0.2) is 21.8 Å². The van der Waals surface area contributed by atoms with E-state index in [1.807, 2.05) is 0 Å². The standard InChI is InChI=1S/C11H9NO3/c13-9-5-6-11(15)8-4-2-1-3-7(8)10(14)12(9)11/h1-4,15H,5-6H2. The highest BCUT2D eigenvalue weighted by molar-refractivity contribution is 6.10. The molecule has 1 saturated heterocycles. The Hall–Kier alpha value is -1.68. The van der Waals surface area contributed by atoms with Crippen LogP contribution in [0.5, 0.6) is 0 Å². The number of hydrogen-bond donors (Lipinski definition) is 1. The highest BCUT2D eigenvalue weighted by atomic mass is 16.3. The first kappa shape index (κ1) is 8.61. The monoisotopic (exact) mass is 203 g/mol. The molecule has 4 nitrogen and oxygen atoms in total. The lowest BCUT2D eigenvalue weighted by atomic mass is 9.99. The minimum absolute atomic E-state index is 0.233. The normalized spacial score (nSPS) is 28.2. The van der Waals surface area contributed by atoms with Gasteiger partial charge in [-0.3, -0.25) is 9.59 Å². The van der Waals surface area contributed by atoms with Crippen molar-refractivity contribution in [1.29, 1.82) is 0 Å². The molecule has 0 spiro atoms. The van der Waals surface area contributed by atoms with E-state index in [-0.39, 0.29) is 18.2 Å². The van der Waals surface area contributed by atoms with E-state index in [1.54, 1.807) is 24.3 Å². The summed E-state index contributed by atoms with van der Waals surface area (Å²) in [6.45, 7) is 0. The second-order valence-electron chi connectivity index (χ2n) is 3.90. The van der Waals surface area contributed by atoms with Gasteiger partial charge in [-0.25, -0.2) is 4.90 Å². The maximum atomic E-state index is 11.8. The molecule has 0 radical (unpaired) electrons. The van der Waals surface area contributed by atoms with Gasteiger partial charge in [0.2, 0.25) is 5.91 Å². The Labute approximate surface area is 86.1 Å². The minimum Gasteiger partial charge on any atom is -0.366 e. The summed E-state index contributed by atoms with van der Waals surface area (Å²) in [5, 5.41) is 10.3. The highest BCUT2D eigenvalue weighted by Crippen LogP contribution is 2.44. The molecule has 0 saturated carbocycles. The highest BCUT2D eigenvalue weighted by Gasteiger charge is 2.55. The molecule has 2 heterocycles. The molecule has 0 aromatic heterocycles. The largest absolute Gasteiger partial charge is 0.366 e. The fourth-order valence-electron chi connectivity index (χ4n) is 2.39. The molecule has 1 atom stereocenters. The topological polar surface area (TPSA) is 57.6 Å². The van der Waals surface area contributed by atoms with Gasteiger partial charge in [-0.15, -0.1) is 0 Å². The zero-order valence-electron chi connectivity index (χ0n) is 7.93. The molecule has 1 unspecified atom stereocenters. The quantitative estimate of drug-likeness (QED) is 0.628. The van der Waals surface area contributed by atoms with E-state index in [9.17, 15) is 14.7 Å². The number of fused-ring (bicyclic) bond motifs is 3. The summed E-state index contributed by atoms with van der Waals surface area (Å²) < 4.78 is 0. The van der Waals surface area contributed by atoms with Crippen molar-refractivity contribution in [1.82, 2.24) is 4.90 Å². The first-order valence-electron chi connectivity index (χ1n) is 4.84. The van der Waals surface area contributed by atoms with E-state index in [2.05, 4.69) is 0 Å². The fourth-order valence-corrected chi connectivity index (χ4v) is 2.39. The van der Waals surface area contributed by atoms with Crippen molar-refractivity contribution in [2.24, 2.45) is 0 Å². The first-order chi connectivity index (χ1) is 7.14. The number of benzene rings is 1. The van der Waals surface area contributed by atoms with E-state index in [0.717, 1.165) is 4.90 Å². The van der Waals surface area contributed by atoms with Crippen LogP contribution < -0.4 is 0 Å². The van der Waals surface area contributed by atoms with Gasteiger partial charge in [0.15, 0.2) is 5.72 Å². The summed E-state index contributed by atoms with van der Waals surface area (Å²) in [5.41, 5.74) is -0.390. The van der Waals surface area contributed by atoms with Gasteiger partial charge in [-0.05, 0) is 6.07 Å². The maximum Gasteiger partial charge on any atom is 0.263 e. The average molecular weight is 203 g/mol. The second kappa shape index (κ2) is 2.46. The van der Waals surface area contributed by atoms with Gasteiger partial charge in [0.25, 0.3) is 5.91 Å². The Morgan fingerprint density at radius 2 is 2.00 bits per heavy atom. The molecule has 76 valence electrons. The molecule has 15 heavy (non-hydrogen) atoms. The summed E-state index contributed by atoms with van der Waals surface area (Å²) in [5.74, 6) is -0.672. The number of carbonyl (C=O) groups excluding carboxylic acids is 2. The molecule has 0 bridgehead atoms. The Kier molecular flexibility index (Phi) is 1.41. The number of nitrogens with zero attached hydrogens (tertiary/aromatic N) is 1. The zero-order valence-corrected chi connectivity index (χ0v) is 7.93. The molecular weight excluding hydrogens is 194 g/mol. The third kappa shape index (κ3) is 0.849. The summed E-state index contributed by atoms with van der Waals surface area (Å²) in [6, 6.07) is 6.83. The van der Waals surface area contributed by atoms with Crippen LogP contribution in [0.25, 0.3) is 0 Å². The number of rotatable bonds is 0. The van der Waals surface area contributed by atoms with Gasteiger partial charge in [0.05, 0.1) is 0 Å². The van der Waals surface area contributed by atoms with Gasteiger partial charge in [-0.2, -0.15) is 0 Å². The molecule has 1 N–H and O–H groups in total. The predicted molar refractivity (Wildman–Crippen MR) is 50.7 cm³/mol. The Morgan fingerprint density at radius 1 is 1.27 bits per heavy atom. The third-order valence-electron chi connectivity index (χ3n) is 3.10. The van der Waals surface area contributed by atoms with Crippen molar-refractivity contribution in [2.75, 3.05) is 0 Å². The van der Waals surface area contributed by atoms with Crippen molar-refractivity contribution < 1.29 is 14.7 Å². The smallest absolute Gasteiger partial charge is 0.263 e. The molecule has 1 fully saturated rings. The van der Waals surface area contributed by atoms with Gasteiger partial charge in [-0.1, -0.05) is 18.2 Å². The lowest BCUT2D eigenvalue weighted by Crippen LogP contribution is -2.40. The molecule has 1 aromatic carbocycles. The summed E-state index contributed by atoms with van der Waals surface area (Å²) in [6.07, 6.45) is 0.533. The number of carbonyl (C=O) groups is 2. The molecule has 3 rings (SSSR count). The second-order valence-corrected chi connectivity index (χ2v) is 3.90. The van der Waals surface area contributed by atoms with Crippen LogP contribution in [-0.2, 0) is 10.5 Å². The van der Waals surface area contributed by atoms with Crippen molar-refractivity contribution in [2.45, 2.75) is 18.6 Å². The summed E-state index contributed by atoms with van der Waals surface area (Å²) >= 11 is 0. The van der Waals surface area contributed by atoms with E-state index in [1.165, 1.54) is 0 Å². The zero-order chi connectivity index (χ0) is 10.6. The Balaban J connectivity index is 2.28. The lowest BCUT2D eigenvalue weighted by molar-refractivity contribution is -0.137. The molecule has 1 aromatic rings. The minimum atomic E-state index is -1.38. The Morgan fingerprint density at radius 3 is 2.80 bits per heavy atom. The summed E-state index contributed by atoms with van der Waals surface area (Å²) in [4.78, 5) is 24.3. The van der Waals surface area contributed by atoms with Crippen LogP contribution in [0.2, 0.25) is 0 Å². The van der Waals surface area contributed by atoms with Crippen molar-refractivity contribution in [3.05, 3.63) is 35.4 Å². The van der Waals surface area contributed by atoms with Crippen molar-refractivity contribution in [3.63, 3.8) is 0 Å². The lowest BCUT2D eigenvalue weighted by Gasteiger charge is -2.24. The van der Waals surface area contributed by atoms with Crippen LogP contribution in [0.1, 0.15) is 28.8 Å². The van der Waals surface area contributed by atoms with Gasteiger partial charge < -0.3 is 5.11 Å². The van der Waals surface area contributed by atoms with Crippen LogP contribution in [0.3, 0.4) is 0 Å². The van der Waals surface area contributed by atoms with E-state index >= 15 is 0 Å². The SMILES string of the molecule is O=C1CCC2(O)c3ccccc3C(=O)N12. The summed E-state index contributed by atoms with van der Waals surface area (Å²) in [7, 11) is 0. The number of amides is 2. The number of hydrogen-bond acceptors (Lipinski definition) is 3. The third-order valence-corrected chi connectivity index (χ3v) is 3.10.